The van der Waals surface area contributed by atoms with Gasteiger partial charge in [-0.15, -0.1) is 0 Å². The van der Waals surface area contributed by atoms with E-state index in [1.165, 1.54) is 0 Å². The zero-order valence-corrected chi connectivity index (χ0v) is 12.8. The van der Waals surface area contributed by atoms with E-state index in [0.29, 0.717) is 0 Å². The third-order valence-electron chi connectivity index (χ3n) is 3.41. The number of rotatable bonds is 2. The summed E-state index contributed by atoms with van der Waals surface area (Å²) >= 11 is 0. The second-order valence-electron chi connectivity index (χ2n) is 6.04. The van der Waals surface area contributed by atoms with Gasteiger partial charge in [-0.2, -0.15) is 0 Å². The molecular formula is C17H19N3O. The third-order valence-corrected chi connectivity index (χ3v) is 3.41. The average molecular weight is 281 g/mol. The zero-order valence-electron chi connectivity index (χ0n) is 12.8. The van der Waals surface area contributed by atoms with Crippen LogP contribution in [0.2, 0.25) is 0 Å². The first-order valence-corrected chi connectivity index (χ1v) is 6.99. The first-order chi connectivity index (χ1) is 10.0. The summed E-state index contributed by atoms with van der Waals surface area (Å²) < 4.78 is 7.60. The summed E-state index contributed by atoms with van der Waals surface area (Å²) in [5, 5.41) is 0. The second kappa shape index (κ2) is 4.88. The van der Waals surface area contributed by atoms with Gasteiger partial charge in [-0.3, -0.25) is 4.57 Å². The molecule has 4 heteroatoms. The standard InChI is InChI=1S/C17H19N3O/c1-17(2,3)16-19-12-8-7-11-18-15(12)20(16)13-9-5-6-10-14(13)21-4/h5-11H,1-4H3. The Bertz CT molecular complexity index is 784. The Morgan fingerprint density at radius 1 is 1.05 bits per heavy atom. The van der Waals surface area contributed by atoms with Crippen molar-refractivity contribution in [2.24, 2.45) is 0 Å². The van der Waals surface area contributed by atoms with Crippen LogP contribution in [-0.4, -0.2) is 21.6 Å². The Kier molecular flexibility index (Phi) is 3.16. The Balaban J connectivity index is 2.40. The van der Waals surface area contributed by atoms with Crippen LogP contribution in [0.3, 0.4) is 0 Å². The van der Waals surface area contributed by atoms with Gasteiger partial charge in [0.1, 0.15) is 17.1 Å². The molecular weight excluding hydrogens is 262 g/mol. The van der Waals surface area contributed by atoms with Crippen molar-refractivity contribution < 1.29 is 4.74 Å². The number of pyridine rings is 1. The maximum Gasteiger partial charge on any atom is 0.164 e. The lowest BCUT2D eigenvalue weighted by Crippen LogP contribution is -2.18. The highest BCUT2D eigenvalue weighted by Gasteiger charge is 2.25. The van der Waals surface area contributed by atoms with Gasteiger partial charge < -0.3 is 4.74 Å². The maximum absolute atomic E-state index is 5.51. The molecule has 0 radical (unpaired) electrons. The molecule has 0 bridgehead atoms. The minimum absolute atomic E-state index is 0.0957. The molecule has 3 rings (SSSR count). The number of imidazole rings is 1. The molecule has 0 saturated carbocycles. The molecule has 1 aromatic carbocycles. The molecule has 0 aliphatic carbocycles. The van der Waals surface area contributed by atoms with E-state index in [0.717, 1.165) is 28.4 Å². The van der Waals surface area contributed by atoms with Crippen molar-refractivity contribution in [3.05, 3.63) is 48.4 Å². The van der Waals surface area contributed by atoms with Crippen LogP contribution in [0.15, 0.2) is 42.6 Å². The molecule has 4 nitrogen and oxygen atoms in total. The van der Waals surface area contributed by atoms with Crippen molar-refractivity contribution in [3.63, 3.8) is 0 Å². The number of fused-ring (bicyclic) bond motifs is 1. The van der Waals surface area contributed by atoms with Gasteiger partial charge in [0.05, 0.1) is 12.8 Å². The van der Waals surface area contributed by atoms with Crippen molar-refractivity contribution in [1.82, 2.24) is 14.5 Å². The number of hydrogen-bond donors (Lipinski definition) is 0. The number of aromatic nitrogens is 3. The van der Waals surface area contributed by atoms with Gasteiger partial charge >= 0.3 is 0 Å². The molecule has 0 aliphatic heterocycles. The molecule has 0 N–H and O–H groups in total. The van der Waals surface area contributed by atoms with Crippen molar-refractivity contribution >= 4 is 11.2 Å². The molecule has 3 aromatic rings. The summed E-state index contributed by atoms with van der Waals surface area (Å²) in [7, 11) is 1.68. The van der Waals surface area contributed by atoms with Crippen LogP contribution >= 0.6 is 0 Å². The van der Waals surface area contributed by atoms with E-state index >= 15 is 0 Å². The van der Waals surface area contributed by atoms with E-state index < -0.39 is 0 Å². The van der Waals surface area contributed by atoms with E-state index in [-0.39, 0.29) is 5.41 Å². The van der Waals surface area contributed by atoms with Crippen LogP contribution < -0.4 is 4.74 Å². The van der Waals surface area contributed by atoms with Gasteiger partial charge in [0, 0.05) is 11.6 Å². The minimum Gasteiger partial charge on any atom is -0.495 e. The highest BCUT2D eigenvalue weighted by atomic mass is 16.5. The molecule has 0 saturated heterocycles. The Morgan fingerprint density at radius 2 is 1.81 bits per heavy atom. The summed E-state index contributed by atoms with van der Waals surface area (Å²) in [5.74, 6) is 1.79. The normalized spacial score (nSPS) is 11.8. The highest BCUT2D eigenvalue weighted by Crippen LogP contribution is 2.32. The molecule has 0 spiro atoms. The zero-order chi connectivity index (χ0) is 15.0. The van der Waals surface area contributed by atoms with Gasteiger partial charge in [0.2, 0.25) is 0 Å². The Labute approximate surface area is 124 Å². The smallest absolute Gasteiger partial charge is 0.164 e. The predicted octanol–water partition coefficient (Wildman–Crippen LogP) is 3.73. The number of para-hydroxylation sites is 2. The van der Waals surface area contributed by atoms with Gasteiger partial charge in [0.15, 0.2) is 5.65 Å². The lowest BCUT2D eigenvalue weighted by molar-refractivity contribution is 0.411. The van der Waals surface area contributed by atoms with Crippen LogP contribution in [0.1, 0.15) is 26.6 Å². The molecule has 0 fully saturated rings. The highest BCUT2D eigenvalue weighted by molar-refractivity contribution is 5.75. The van der Waals surface area contributed by atoms with Crippen molar-refractivity contribution in [2.45, 2.75) is 26.2 Å². The first-order valence-electron chi connectivity index (χ1n) is 6.99. The lowest BCUT2D eigenvalue weighted by atomic mass is 9.95. The van der Waals surface area contributed by atoms with Crippen molar-refractivity contribution in [2.75, 3.05) is 7.11 Å². The lowest BCUT2D eigenvalue weighted by Gasteiger charge is -2.21. The third kappa shape index (κ3) is 2.27. The predicted molar refractivity (Wildman–Crippen MR) is 84.1 cm³/mol. The molecule has 2 heterocycles. The fraction of sp³-hybridized carbons (Fsp3) is 0.294. The summed E-state index contributed by atoms with van der Waals surface area (Å²) in [6, 6.07) is 11.9. The topological polar surface area (TPSA) is 39.9 Å². The molecule has 0 unspecified atom stereocenters. The summed E-state index contributed by atoms with van der Waals surface area (Å²) in [4.78, 5) is 9.29. The maximum atomic E-state index is 5.51. The fourth-order valence-corrected chi connectivity index (χ4v) is 2.46. The molecule has 21 heavy (non-hydrogen) atoms. The first kappa shape index (κ1) is 13.6. The van der Waals surface area contributed by atoms with Crippen LogP contribution in [-0.2, 0) is 5.41 Å². The number of ether oxygens (including phenoxy) is 1. The van der Waals surface area contributed by atoms with Gasteiger partial charge in [-0.25, -0.2) is 9.97 Å². The summed E-state index contributed by atoms with van der Waals surface area (Å²) in [6.07, 6.45) is 1.79. The van der Waals surface area contributed by atoms with Gasteiger partial charge in [-0.05, 0) is 24.3 Å². The monoisotopic (exact) mass is 281 g/mol. The van der Waals surface area contributed by atoms with Crippen LogP contribution in [0.25, 0.3) is 16.9 Å². The molecule has 0 amide bonds. The number of nitrogens with zero attached hydrogens (tertiary/aromatic N) is 3. The molecule has 108 valence electrons. The molecule has 0 atom stereocenters. The minimum atomic E-state index is -0.0957. The average Bonchev–Trinajstić information content (AvgIpc) is 2.86. The molecule has 0 aliphatic rings. The Morgan fingerprint density at radius 3 is 2.52 bits per heavy atom. The van der Waals surface area contributed by atoms with E-state index in [4.69, 9.17) is 9.72 Å². The van der Waals surface area contributed by atoms with Crippen molar-refractivity contribution in [3.8, 4) is 11.4 Å². The van der Waals surface area contributed by atoms with Gasteiger partial charge in [0.25, 0.3) is 0 Å². The quantitative estimate of drug-likeness (QED) is 0.718. The Hall–Kier alpha value is -2.36. The van der Waals surface area contributed by atoms with Crippen LogP contribution in [0.5, 0.6) is 5.75 Å². The van der Waals surface area contributed by atoms with Gasteiger partial charge in [-0.1, -0.05) is 32.9 Å². The van der Waals surface area contributed by atoms with Crippen LogP contribution in [0.4, 0.5) is 0 Å². The summed E-state index contributed by atoms with van der Waals surface area (Å²) in [5.41, 5.74) is 2.62. The van der Waals surface area contributed by atoms with E-state index in [9.17, 15) is 0 Å². The van der Waals surface area contributed by atoms with E-state index in [2.05, 4.69) is 30.3 Å². The SMILES string of the molecule is COc1ccccc1-n1c(C(C)(C)C)nc2cccnc21. The summed E-state index contributed by atoms with van der Waals surface area (Å²) in [6.45, 7) is 6.46. The van der Waals surface area contributed by atoms with E-state index in [1.807, 2.05) is 36.4 Å². The largest absolute Gasteiger partial charge is 0.495 e. The van der Waals surface area contributed by atoms with Crippen molar-refractivity contribution in [1.29, 1.82) is 0 Å². The van der Waals surface area contributed by atoms with E-state index in [1.54, 1.807) is 13.3 Å². The second-order valence-corrected chi connectivity index (χ2v) is 6.04. The van der Waals surface area contributed by atoms with Crippen LogP contribution in [0, 0.1) is 0 Å². The number of hydrogen-bond acceptors (Lipinski definition) is 3. The molecule has 2 aromatic heterocycles. The number of benzene rings is 1. The number of methoxy groups -OCH3 is 1. The fourth-order valence-electron chi connectivity index (χ4n) is 2.46.